The van der Waals surface area contributed by atoms with E-state index in [1.165, 1.54) is 0 Å². The zero-order chi connectivity index (χ0) is 53.6. The van der Waals surface area contributed by atoms with Crippen LogP contribution in [0.15, 0.2) is 146 Å². The average Bonchev–Trinajstić information content (AvgIpc) is 3.42. The second kappa shape index (κ2) is 22.0. The molecular formula is C60H60N12O4. The fourth-order valence-electron chi connectivity index (χ4n) is 8.91. The van der Waals surface area contributed by atoms with Gasteiger partial charge in [0.25, 0.3) is 0 Å². The molecule has 4 heterocycles. The van der Waals surface area contributed by atoms with E-state index in [1.54, 1.807) is 0 Å². The lowest BCUT2D eigenvalue weighted by molar-refractivity contribution is 0.340. The molecule has 0 atom stereocenters. The molecule has 12 aromatic rings. The minimum Gasteiger partial charge on any atom is -0.494 e. The van der Waals surface area contributed by atoms with Crippen molar-refractivity contribution in [2.75, 3.05) is 72.3 Å². The topological polar surface area (TPSA) is 297 Å². The van der Waals surface area contributed by atoms with Crippen molar-refractivity contribution in [1.29, 1.82) is 0 Å². The van der Waals surface area contributed by atoms with Crippen LogP contribution in [0.5, 0.6) is 23.0 Å². The lowest BCUT2D eigenvalue weighted by Gasteiger charge is -2.09. The molecule has 0 aliphatic heterocycles. The van der Waals surface area contributed by atoms with E-state index in [9.17, 15) is 0 Å². The van der Waals surface area contributed by atoms with Crippen molar-refractivity contribution in [3.63, 3.8) is 0 Å². The molecule has 0 aliphatic carbocycles. The average molecular weight is 1010 g/mol. The van der Waals surface area contributed by atoms with Gasteiger partial charge in [-0.3, -0.25) is 0 Å². The molecule has 16 N–H and O–H groups in total. The van der Waals surface area contributed by atoms with Crippen LogP contribution in [0.2, 0.25) is 0 Å². The van der Waals surface area contributed by atoms with Gasteiger partial charge in [-0.05, 0) is 173 Å². The molecule has 4 aromatic heterocycles. The fourth-order valence-corrected chi connectivity index (χ4v) is 8.91. The lowest BCUT2D eigenvalue weighted by Crippen LogP contribution is -1.96. The van der Waals surface area contributed by atoms with Crippen molar-refractivity contribution in [3.05, 3.63) is 146 Å². The fraction of sp³-hybridized carbons (Fsp3) is 0.133. The molecule has 0 radical (unpaired) electrons. The molecule has 384 valence electrons. The number of nitrogens with two attached hydrogens (primary N) is 8. The highest BCUT2D eigenvalue weighted by atomic mass is 16.5. The minimum absolute atomic E-state index is 0.628. The summed E-state index contributed by atoms with van der Waals surface area (Å²) in [7, 11) is 0. The normalized spacial score (nSPS) is 11.0. The van der Waals surface area contributed by atoms with Gasteiger partial charge in [-0.1, -0.05) is 0 Å². The molecule has 0 amide bonds. The number of hydrogen-bond acceptors (Lipinski definition) is 16. The largest absolute Gasteiger partial charge is 0.494 e. The first kappa shape index (κ1) is 51.0. The summed E-state index contributed by atoms with van der Waals surface area (Å²) in [5.74, 6) is 3.22. The number of nitrogens with zero attached hydrogens (tertiary/aromatic N) is 4. The minimum atomic E-state index is 0.628. The quantitative estimate of drug-likeness (QED) is 0.0518. The van der Waals surface area contributed by atoms with Crippen LogP contribution >= 0.6 is 0 Å². The highest BCUT2D eigenvalue weighted by Crippen LogP contribution is 2.36. The maximum absolute atomic E-state index is 6.23. The molecule has 0 spiro atoms. The van der Waals surface area contributed by atoms with Crippen molar-refractivity contribution in [2.24, 2.45) is 0 Å². The Labute approximate surface area is 438 Å². The van der Waals surface area contributed by atoms with Crippen LogP contribution in [0.25, 0.3) is 87.2 Å². The molecule has 76 heavy (non-hydrogen) atoms. The van der Waals surface area contributed by atoms with Crippen LogP contribution in [-0.4, -0.2) is 46.4 Å². The van der Waals surface area contributed by atoms with Gasteiger partial charge in [-0.25, -0.2) is 19.9 Å². The molecule has 0 aliphatic rings. The van der Waals surface area contributed by atoms with Gasteiger partial charge < -0.3 is 64.8 Å². The third-order valence-corrected chi connectivity index (χ3v) is 12.5. The number of rotatable bonds is 8. The van der Waals surface area contributed by atoms with Crippen LogP contribution < -0.4 is 64.8 Å². The Bertz CT molecular complexity index is 3600. The zero-order valence-corrected chi connectivity index (χ0v) is 42.7. The van der Waals surface area contributed by atoms with E-state index in [1.807, 2.05) is 173 Å². The summed E-state index contributed by atoms with van der Waals surface area (Å²) in [6.45, 7) is 10.3. The van der Waals surface area contributed by atoms with Crippen molar-refractivity contribution >= 4 is 133 Å². The predicted molar refractivity (Wildman–Crippen MR) is 317 cm³/mol. The molecule has 0 unspecified atom stereocenters. The Balaban J connectivity index is 0.000000124. The standard InChI is InChI=1S/4C15H15N3O/c4*1-2-19-10-4-6-13-12(8-10)15(17)11-5-3-9(16)7-14(11)18-13/h4*3-8H,2,16H2,1H3,(H2,17,18). The Kier molecular flexibility index (Phi) is 14.8. The highest BCUT2D eigenvalue weighted by Gasteiger charge is 2.12. The molecule has 0 bridgehead atoms. The third kappa shape index (κ3) is 10.7. The molecule has 0 fully saturated rings. The summed E-state index contributed by atoms with van der Waals surface area (Å²) < 4.78 is 22.0. The van der Waals surface area contributed by atoms with Gasteiger partial charge in [0.1, 0.15) is 23.0 Å². The van der Waals surface area contributed by atoms with Crippen LogP contribution in [0.1, 0.15) is 27.7 Å². The van der Waals surface area contributed by atoms with Crippen molar-refractivity contribution in [3.8, 4) is 23.0 Å². The maximum atomic E-state index is 6.23. The Morgan fingerprint density at radius 2 is 0.461 bits per heavy atom. The zero-order valence-electron chi connectivity index (χ0n) is 42.7. The molecule has 0 saturated heterocycles. The number of anilines is 8. The second-order valence-electron chi connectivity index (χ2n) is 17.7. The smallest absolute Gasteiger partial charge is 0.120 e. The van der Waals surface area contributed by atoms with Gasteiger partial charge in [0.05, 0.1) is 93.3 Å². The SMILES string of the molecule is CCOc1ccc2nc3cc(N)ccc3c(N)c2c1.CCOc1ccc2nc3cc(N)ccc3c(N)c2c1.CCOc1ccc2nc3cc(N)ccc3c(N)c2c1.CCOc1ccc2nc3cc(N)ccc3c(N)c2c1. The Hall–Kier alpha value is -9.96. The van der Waals surface area contributed by atoms with Crippen LogP contribution in [0.4, 0.5) is 45.5 Å². The van der Waals surface area contributed by atoms with Crippen molar-refractivity contribution in [1.82, 2.24) is 19.9 Å². The van der Waals surface area contributed by atoms with E-state index >= 15 is 0 Å². The number of fused-ring (bicyclic) bond motifs is 8. The van der Waals surface area contributed by atoms with Gasteiger partial charge in [0, 0.05) is 65.8 Å². The van der Waals surface area contributed by atoms with E-state index in [0.717, 1.165) is 110 Å². The second-order valence-corrected chi connectivity index (χ2v) is 17.7. The van der Waals surface area contributed by atoms with Crippen molar-refractivity contribution in [2.45, 2.75) is 27.7 Å². The van der Waals surface area contributed by atoms with Gasteiger partial charge in [0.2, 0.25) is 0 Å². The number of hydrogen-bond donors (Lipinski definition) is 8. The van der Waals surface area contributed by atoms with Crippen molar-refractivity contribution < 1.29 is 18.9 Å². The van der Waals surface area contributed by atoms with E-state index in [4.69, 9.17) is 64.8 Å². The summed E-state index contributed by atoms with van der Waals surface area (Å²) in [5, 5.41) is 7.27. The first-order valence-electron chi connectivity index (χ1n) is 24.8. The Morgan fingerprint density at radius 1 is 0.250 bits per heavy atom. The highest BCUT2D eigenvalue weighted by molar-refractivity contribution is 6.10. The van der Waals surface area contributed by atoms with E-state index in [2.05, 4.69) is 19.9 Å². The molecule has 16 heteroatoms. The number of aromatic nitrogens is 4. The van der Waals surface area contributed by atoms with Gasteiger partial charge >= 0.3 is 0 Å². The molecule has 8 aromatic carbocycles. The van der Waals surface area contributed by atoms with Crippen LogP contribution in [-0.2, 0) is 0 Å². The first-order valence-corrected chi connectivity index (χ1v) is 24.8. The van der Waals surface area contributed by atoms with E-state index in [-0.39, 0.29) is 0 Å². The maximum Gasteiger partial charge on any atom is 0.120 e. The molecular weight excluding hydrogens is 953 g/mol. The van der Waals surface area contributed by atoms with Gasteiger partial charge in [-0.2, -0.15) is 0 Å². The predicted octanol–water partition coefficient (Wildman–Crippen LogP) is 11.8. The summed E-state index contributed by atoms with van der Waals surface area (Å²) in [6.07, 6.45) is 0. The number of ether oxygens (including phenoxy) is 4. The van der Waals surface area contributed by atoms with Gasteiger partial charge in [0.15, 0.2) is 0 Å². The van der Waals surface area contributed by atoms with E-state index < -0.39 is 0 Å². The number of benzene rings is 8. The lowest BCUT2D eigenvalue weighted by atomic mass is 10.1. The molecule has 0 saturated carbocycles. The number of nitrogen functional groups attached to an aromatic ring is 8. The van der Waals surface area contributed by atoms with Crippen LogP contribution in [0.3, 0.4) is 0 Å². The molecule has 16 nitrogen and oxygen atoms in total. The van der Waals surface area contributed by atoms with E-state index in [0.29, 0.717) is 71.9 Å². The number of pyridine rings is 4. The van der Waals surface area contributed by atoms with Gasteiger partial charge in [-0.15, -0.1) is 0 Å². The molecule has 12 rings (SSSR count). The first-order chi connectivity index (χ1) is 36.7. The summed E-state index contributed by atoms with van der Waals surface area (Å²) in [6, 6.07) is 45.2. The summed E-state index contributed by atoms with van der Waals surface area (Å²) >= 11 is 0. The third-order valence-electron chi connectivity index (χ3n) is 12.5. The Morgan fingerprint density at radius 3 is 0.658 bits per heavy atom. The summed E-state index contributed by atoms with van der Waals surface area (Å²) in [5.41, 5.74) is 60.3. The van der Waals surface area contributed by atoms with Crippen LogP contribution in [0, 0.1) is 0 Å². The monoisotopic (exact) mass is 1010 g/mol. The summed E-state index contributed by atoms with van der Waals surface area (Å²) in [4.78, 5) is 18.3.